The Morgan fingerprint density at radius 3 is 3.00 bits per heavy atom. The fourth-order valence-corrected chi connectivity index (χ4v) is 0.868. The Labute approximate surface area is 63.5 Å². The van der Waals surface area contributed by atoms with Gasteiger partial charge in [-0.05, 0) is 6.42 Å². The van der Waals surface area contributed by atoms with E-state index in [2.05, 4.69) is 15.2 Å². The SMILES string of the molecule is CC[C@@H](C(=O)O)c1ncn[nH]1. The molecular weight excluding hydrogens is 146 g/mol. The highest BCUT2D eigenvalue weighted by molar-refractivity contribution is 5.74. The van der Waals surface area contributed by atoms with Crippen molar-refractivity contribution in [3.05, 3.63) is 12.2 Å². The Morgan fingerprint density at radius 1 is 1.91 bits per heavy atom. The molecule has 0 aromatic carbocycles. The first kappa shape index (κ1) is 7.71. The number of hydrogen-bond acceptors (Lipinski definition) is 3. The molecule has 0 aliphatic carbocycles. The third kappa shape index (κ3) is 1.54. The minimum Gasteiger partial charge on any atom is -0.481 e. The number of nitrogens with zero attached hydrogens (tertiary/aromatic N) is 2. The molecule has 1 aromatic rings. The van der Waals surface area contributed by atoms with E-state index in [9.17, 15) is 4.79 Å². The maximum atomic E-state index is 10.5. The van der Waals surface area contributed by atoms with E-state index in [1.165, 1.54) is 6.33 Å². The molecule has 1 aromatic heterocycles. The first-order valence-electron chi connectivity index (χ1n) is 3.33. The van der Waals surface area contributed by atoms with Crippen LogP contribution < -0.4 is 0 Å². The average Bonchev–Trinajstić information content (AvgIpc) is 2.40. The summed E-state index contributed by atoms with van der Waals surface area (Å²) in [6.07, 6.45) is 1.82. The number of aliphatic carboxylic acids is 1. The predicted molar refractivity (Wildman–Crippen MR) is 37.1 cm³/mol. The highest BCUT2D eigenvalue weighted by atomic mass is 16.4. The van der Waals surface area contributed by atoms with Crippen LogP contribution in [0, 0.1) is 0 Å². The topological polar surface area (TPSA) is 78.9 Å². The predicted octanol–water partition coefficient (Wildman–Crippen LogP) is 0.383. The molecule has 0 radical (unpaired) electrons. The zero-order chi connectivity index (χ0) is 8.27. The molecular formula is C6H9N3O2. The van der Waals surface area contributed by atoms with Gasteiger partial charge in [-0.15, -0.1) is 0 Å². The molecule has 5 heteroatoms. The van der Waals surface area contributed by atoms with Gasteiger partial charge in [-0.2, -0.15) is 5.10 Å². The van der Waals surface area contributed by atoms with Crippen LogP contribution in [0.5, 0.6) is 0 Å². The summed E-state index contributed by atoms with van der Waals surface area (Å²) in [4.78, 5) is 14.3. The molecule has 1 heterocycles. The number of hydrogen-bond donors (Lipinski definition) is 2. The molecule has 0 spiro atoms. The summed E-state index contributed by atoms with van der Waals surface area (Å²) in [6, 6.07) is 0. The lowest BCUT2D eigenvalue weighted by Gasteiger charge is -2.03. The maximum absolute atomic E-state index is 10.5. The maximum Gasteiger partial charge on any atom is 0.314 e. The first-order valence-corrected chi connectivity index (χ1v) is 3.33. The molecule has 0 bridgehead atoms. The molecule has 1 rings (SSSR count). The van der Waals surface area contributed by atoms with E-state index in [1.807, 2.05) is 0 Å². The number of carboxylic acid groups (broad SMARTS) is 1. The van der Waals surface area contributed by atoms with Gasteiger partial charge in [-0.3, -0.25) is 9.89 Å². The van der Waals surface area contributed by atoms with Gasteiger partial charge in [0.15, 0.2) is 0 Å². The molecule has 0 unspecified atom stereocenters. The smallest absolute Gasteiger partial charge is 0.314 e. The Kier molecular flexibility index (Phi) is 2.20. The van der Waals surface area contributed by atoms with Crippen LogP contribution in [0.3, 0.4) is 0 Å². The van der Waals surface area contributed by atoms with Crippen molar-refractivity contribution >= 4 is 5.97 Å². The zero-order valence-electron chi connectivity index (χ0n) is 6.11. The van der Waals surface area contributed by atoms with Crippen LogP contribution in [0.1, 0.15) is 25.1 Å². The Hall–Kier alpha value is -1.39. The fourth-order valence-electron chi connectivity index (χ4n) is 0.868. The Bertz CT molecular complexity index is 232. The van der Waals surface area contributed by atoms with Crippen LogP contribution in [-0.4, -0.2) is 26.3 Å². The summed E-state index contributed by atoms with van der Waals surface area (Å²) in [5.41, 5.74) is 0. The Morgan fingerprint density at radius 2 is 2.64 bits per heavy atom. The van der Waals surface area contributed by atoms with E-state index in [-0.39, 0.29) is 0 Å². The second-order valence-electron chi connectivity index (χ2n) is 2.17. The monoisotopic (exact) mass is 155 g/mol. The van der Waals surface area contributed by atoms with Gasteiger partial charge in [-0.1, -0.05) is 6.92 Å². The van der Waals surface area contributed by atoms with Crippen molar-refractivity contribution in [1.29, 1.82) is 0 Å². The van der Waals surface area contributed by atoms with E-state index in [0.29, 0.717) is 12.2 Å². The minimum absolute atomic E-state index is 0.417. The summed E-state index contributed by atoms with van der Waals surface area (Å²) < 4.78 is 0. The number of rotatable bonds is 3. The van der Waals surface area contributed by atoms with E-state index < -0.39 is 11.9 Å². The third-order valence-electron chi connectivity index (χ3n) is 1.47. The quantitative estimate of drug-likeness (QED) is 0.661. The number of H-pyrrole nitrogens is 1. The van der Waals surface area contributed by atoms with Gasteiger partial charge in [0.2, 0.25) is 0 Å². The van der Waals surface area contributed by atoms with Crippen molar-refractivity contribution in [3.63, 3.8) is 0 Å². The summed E-state index contributed by atoms with van der Waals surface area (Å²) in [5, 5.41) is 14.8. The molecule has 11 heavy (non-hydrogen) atoms. The average molecular weight is 155 g/mol. The van der Waals surface area contributed by atoms with Crippen molar-refractivity contribution in [1.82, 2.24) is 15.2 Å². The molecule has 0 saturated carbocycles. The molecule has 0 aliphatic rings. The van der Waals surface area contributed by atoms with E-state index in [0.717, 1.165) is 0 Å². The van der Waals surface area contributed by atoms with E-state index >= 15 is 0 Å². The molecule has 2 N–H and O–H groups in total. The van der Waals surface area contributed by atoms with Gasteiger partial charge < -0.3 is 5.11 Å². The van der Waals surface area contributed by atoms with Crippen LogP contribution in [0.2, 0.25) is 0 Å². The normalized spacial score (nSPS) is 12.8. The Balaban J connectivity index is 2.79. The summed E-state index contributed by atoms with van der Waals surface area (Å²) >= 11 is 0. The van der Waals surface area contributed by atoms with Crippen LogP contribution >= 0.6 is 0 Å². The molecule has 0 fully saturated rings. The molecule has 1 atom stereocenters. The van der Waals surface area contributed by atoms with Crippen LogP contribution in [0.25, 0.3) is 0 Å². The molecule has 0 amide bonds. The van der Waals surface area contributed by atoms with Crippen molar-refractivity contribution in [2.24, 2.45) is 0 Å². The summed E-state index contributed by atoms with van der Waals surface area (Å²) in [5.74, 6) is -1.01. The number of carboxylic acids is 1. The van der Waals surface area contributed by atoms with Crippen LogP contribution in [-0.2, 0) is 4.79 Å². The highest BCUT2D eigenvalue weighted by Gasteiger charge is 2.19. The van der Waals surface area contributed by atoms with Gasteiger partial charge >= 0.3 is 5.97 Å². The lowest BCUT2D eigenvalue weighted by atomic mass is 10.1. The van der Waals surface area contributed by atoms with Crippen molar-refractivity contribution in [2.45, 2.75) is 19.3 Å². The second kappa shape index (κ2) is 3.14. The van der Waals surface area contributed by atoms with Crippen molar-refractivity contribution in [3.8, 4) is 0 Å². The standard InChI is InChI=1S/C6H9N3O2/c1-2-4(6(10)11)5-7-3-8-9-5/h3-4H,2H2,1H3,(H,10,11)(H,7,8,9)/t4-/m1/s1. The zero-order valence-corrected chi connectivity index (χ0v) is 6.11. The number of aromatic nitrogens is 3. The summed E-state index contributed by atoms with van der Waals surface area (Å²) in [6.45, 7) is 1.79. The second-order valence-corrected chi connectivity index (χ2v) is 2.17. The van der Waals surface area contributed by atoms with Crippen molar-refractivity contribution < 1.29 is 9.90 Å². The largest absolute Gasteiger partial charge is 0.481 e. The molecule has 5 nitrogen and oxygen atoms in total. The van der Waals surface area contributed by atoms with E-state index in [4.69, 9.17) is 5.11 Å². The third-order valence-corrected chi connectivity index (χ3v) is 1.47. The van der Waals surface area contributed by atoms with Crippen LogP contribution in [0.4, 0.5) is 0 Å². The van der Waals surface area contributed by atoms with Gasteiger partial charge in [0.05, 0.1) is 0 Å². The lowest BCUT2D eigenvalue weighted by molar-refractivity contribution is -0.139. The van der Waals surface area contributed by atoms with E-state index in [1.54, 1.807) is 6.92 Å². The highest BCUT2D eigenvalue weighted by Crippen LogP contribution is 2.13. The van der Waals surface area contributed by atoms with Crippen molar-refractivity contribution in [2.75, 3.05) is 0 Å². The fraction of sp³-hybridized carbons (Fsp3) is 0.500. The minimum atomic E-state index is -0.871. The molecule has 0 aliphatic heterocycles. The first-order chi connectivity index (χ1) is 5.25. The lowest BCUT2D eigenvalue weighted by Crippen LogP contribution is -2.11. The van der Waals surface area contributed by atoms with Gasteiger partial charge in [0.25, 0.3) is 0 Å². The number of aromatic amines is 1. The molecule has 60 valence electrons. The number of nitrogens with one attached hydrogen (secondary N) is 1. The van der Waals surface area contributed by atoms with Gasteiger partial charge in [-0.25, -0.2) is 4.98 Å². The number of carbonyl (C=O) groups is 1. The van der Waals surface area contributed by atoms with Gasteiger partial charge in [0.1, 0.15) is 18.1 Å². The summed E-state index contributed by atoms with van der Waals surface area (Å²) in [7, 11) is 0. The van der Waals surface area contributed by atoms with Crippen LogP contribution in [0.15, 0.2) is 6.33 Å². The molecule has 0 saturated heterocycles. The van der Waals surface area contributed by atoms with Gasteiger partial charge in [0, 0.05) is 0 Å².